The Bertz CT molecular complexity index is 997. The number of hydrogen-bond acceptors (Lipinski definition) is 5. The molecule has 4 fully saturated rings. The highest BCUT2D eigenvalue weighted by Gasteiger charge is 2.61. The molecule has 4 aliphatic carbocycles. The van der Waals surface area contributed by atoms with E-state index in [1.807, 2.05) is 31.2 Å². The van der Waals surface area contributed by atoms with Crippen molar-refractivity contribution in [2.75, 3.05) is 0 Å². The van der Waals surface area contributed by atoms with Crippen LogP contribution >= 0.6 is 0 Å². The van der Waals surface area contributed by atoms with Crippen LogP contribution in [0.2, 0.25) is 0 Å². The van der Waals surface area contributed by atoms with Gasteiger partial charge in [0.2, 0.25) is 10.0 Å². The van der Waals surface area contributed by atoms with E-state index in [1.54, 1.807) is 13.8 Å². The number of nitrogens with one attached hydrogen (secondary N) is 1. The Morgan fingerprint density at radius 1 is 1.27 bits per heavy atom. The predicted molar refractivity (Wildman–Crippen MR) is 114 cm³/mol. The summed E-state index contributed by atoms with van der Waals surface area (Å²) in [6.45, 7) is 5.55. The topological polar surface area (TPSA) is 120 Å². The maximum atomic E-state index is 12.4. The number of benzene rings is 1. The molecule has 0 saturated heterocycles. The molecule has 4 aliphatic rings. The molecule has 0 radical (unpaired) electrons. The number of amidine groups is 1. The van der Waals surface area contributed by atoms with Crippen molar-refractivity contribution in [1.29, 1.82) is 10.7 Å². The minimum atomic E-state index is -3.65. The second-order valence-electron chi connectivity index (χ2n) is 9.89. The summed E-state index contributed by atoms with van der Waals surface area (Å²) >= 11 is 0. The van der Waals surface area contributed by atoms with E-state index >= 15 is 0 Å². The number of ether oxygens (including phenoxy) is 1. The number of aryl methyl sites for hydroxylation is 1. The van der Waals surface area contributed by atoms with Gasteiger partial charge in [-0.25, -0.2) is 13.6 Å². The molecule has 7 nitrogen and oxygen atoms in total. The molecule has 0 aromatic heterocycles. The van der Waals surface area contributed by atoms with Crippen LogP contribution in [0, 0.1) is 41.5 Å². The van der Waals surface area contributed by atoms with Gasteiger partial charge < -0.3 is 4.74 Å². The van der Waals surface area contributed by atoms with Crippen LogP contribution in [-0.4, -0.2) is 35.5 Å². The van der Waals surface area contributed by atoms with Crippen LogP contribution in [0.3, 0.4) is 0 Å². The second-order valence-corrected chi connectivity index (χ2v) is 11.8. The molecule has 1 aromatic rings. The summed E-state index contributed by atoms with van der Waals surface area (Å²) in [5, 5.41) is 24.5. The van der Waals surface area contributed by atoms with Crippen LogP contribution in [0.1, 0.15) is 51.5 Å². The Hall–Kier alpha value is -2.11. The fraction of sp³-hybridized carbons (Fsp3) is 0.636. The third kappa shape index (κ3) is 3.28. The smallest absolute Gasteiger partial charge is 0.214 e. The molecule has 2 atom stereocenters. The average molecular weight is 431 g/mol. The monoisotopic (exact) mass is 430 g/mol. The molecule has 0 spiro atoms. The normalized spacial score (nSPS) is 32.5. The molecule has 30 heavy (non-hydrogen) atoms. The Balaban J connectivity index is 1.60. The van der Waals surface area contributed by atoms with Gasteiger partial charge in [-0.2, -0.15) is 5.26 Å². The summed E-state index contributed by atoms with van der Waals surface area (Å²) in [6, 6.07) is 7.45. The average Bonchev–Trinajstić information content (AvgIpc) is 2.64. The second kappa shape index (κ2) is 6.96. The van der Waals surface area contributed by atoms with Gasteiger partial charge in [0.05, 0.1) is 10.8 Å². The summed E-state index contributed by atoms with van der Waals surface area (Å²) < 4.78 is 30.1. The lowest BCUT2D eigenvalue weighted by atomic mass is 9.53. The molecule has 3 N–H and O–H groups in total. The van der Waals surface area contributed by atoms with Gasteiger partial charge in [-0.3, -0.25) is 10.3 Å². The fourth-order valence-electron chi connectivity index (χ4n) is 6.24. The van der Waals surface area contributed by atoms with Crippen molar-refractivity contribution < 1.29 is 13.2 Å². The van der Waals surface area contributed by atoms with E-state index in [0.717, 1.165) is 18.4 Å². The van der Waals surface area contributed by atoms with Crippen LogP contribution in [-0.2, 0) is 10.0 Å². The maximum Gasteiger partial charge on any atom is 0.214 e. The highest BCUT2D eigenvalue weighted by Crippen LogP contribution is 2.59. The minimum Gasteiger partial charge on any atom is -0.480 e. The van der Waals surface area contributed by atoms with E-state index in [1.165, 1.54) is 4.90 Å². The van der Waals surface area contributed by atoms with Crippen molar-refractivity contribution in [2.45, 2.75) is 69.3 Å². The van der Waals surface area contributed by atoms with E-state index < -0.39 is 20.4 Å². The molecule has 0 heterocycles. The molecular formula is C22H30N4O3S. The third-order valence-electron chi connectivity index (χ3n) is 7.45. The number of primary sulfonamides is 1. The largest absolute Gasteiger partial charge is 0.480 e. The van der Waals surface area contributed by atoms with E-state index in [4.69, 9.17) is 15.3 Å². The fourth-order valence-corrected chi connectivity index (χ4v) is 7.60. The Labute approximate surface area is 178 Å². The number of para-hydroxylation sites is 1. The van der Waals surface area contributed by atoms with E-state index in [0.29, 0.717) is 30.9 Å². The molecule has 1 aromatic carbocycles. The first-order valence-electron chi connectivity index (χ1n) is 10.5. The molecule has 4 saturated carbocycles. The Morgan fingerprint density at radius 3 is 2.40 bits per heavy atom. The number of nitrogens with zero attached hydrogens (tertiary/aromatic N) is 2. The SMILES string of the molecule is Cc1ccccc1OC(C)(C)C(=N)N(C#N)C1C2CC3CC1CC(S(N)(=O)=O)(C3)C2. The lowest BCUT2D eigenvalue weighted by Crippen LogP contribution is -2.66. The lowest BCUT2D eigenvalue weighted by molar-refractivity contribution is -0.0245. The number of nitrogens with two attached hydrogens (primary N) is 1. The summed E-state index contributed by atoms with van der Waals surface area (Å²) in [5.74, 6) is 1.22. The highest BCUT2D eigenvalue weighted by atomic mass is 32.2. The van der Waals surface area contributed by atoms with Gasteiger partial charge in [-0.15, -0.1) is 0 Å². The zero-order valence-corrected chi connectivity index (χ0v) is 18.6. The van der Waals surface area contributed by atoms with Gasteiger partial charge in [-0.1, -0.05) is 18.2 Å². The summed E-state index contributed by atoms with van der Waals surface area (Å²) in [7, 11) is -3.65. The van der Waals surface area contributed by atoms with Gasteiger partial charge >= 0.3 is 0 Å². The molecule has 0 aliphatic heterocycles. The number of sulfonamides is 1. The number of rotatable bonds is 5. The minimum absolute atomic E-state index is 0.0452. The van der Waals surface area contributed by atoms with Crippen molar-refractivity contribution in [3.05, 3.63) is 29.8 Å². The molecular weight excluding hydrogens is 400 g/mol. The Kier molecular flexibility index (Phi) is 4.90. The first-order chi connectivity index (χ1) is 14.0. The standard InChI is InChI=1S/C22H30N4O3S/c1-14-6-4-5-7-18(14)29-21(2,3)20(24)26(13-23)19-16-8-15-9-17(19)12-22(10-15,11-16)30(25,27)28/h4-7,15-17,19,24H,8-12H2,1-3H3,(H2,25,27,28). The summed E-state index contributed by atoms with van der Waals surface area (Å²) in [5.41, 5.74) is -0.0414. The van der Waals surface area contributed by atoms with Crippen molar-refractivity contribution in [3.8, 4) is 11.9 Å². The van der Waals surface area contributed by atoms with Gasteiger partial charge in [-0.05, 0) is 82.3 Å². The summed E-state index contributed by atoms with van der Waals surface area (Å²) in [6.07, 6.45) is 5.62. The molecule has 8 heteroatoms. The summed E-state index contributed by atoms with van der Waals surface area (Å²) in [4.78, 5) is 1.49. The van der Waals surface area contributed by atoms with Crippen molar-refractivity contribution in [2.24, 2.45) is 22.9 Å². The first-order valence-corrected chi connectivity index (χ1v) is 12.1. The number of nitriles is 1. The highest BCUT2D eigenvalue weighted by molar-refractivity contribution is 7.90. The van der Waals surface area contributed by atoms with Crippen molar-refractivity contribution in [1.82, 2.24) is 4.90 Å². The Morgan fingerprint density at radius 2 is 1.87 bits per heavy atom. The molecule has 4 bridgehead atoms. The predicted octanol–water partition coefficient (Wildman–Crippen LogP) is 3.15. The first kappa shape index (κ1) is 21.1. The molecule has 162 valence electrons. The molecule has 2 unspecified atom stereocenters. The van der Waals surface area contributed by atoms with Crippen LogP contribution in [0.15, 0.2) is 24.3 Å². The van der Waals surface area contributed by atoms with E-state index in [2.05, 4.69) is 6.19 Å². The van der Waals surface area contributed by atoms with Crippen LogP contribution in [0.4, 0.5) is 0 Å². The third-order valence-corrected chi connectivity index (χ3v) is 9.15. The zero-order valence-electron chi connectivity index (χ0n) is 17.8. The van der Waals surface area contributed by atoms with Crippen LogP contribution < -0.4 is 9.88 Å². The van der Waals surface area contributed by atoms with Crippen molar-refractivity contribution in [3.63, 3.8) is 0 Å². The van der Waals surface area contributed by atoms with Gasteiger partial charge in [0.25, 0.3) is 0 Å². The van der Waals surface area contributed by atoms with Crippen molar-refractivity contribution >= 4 is 15.9 Å². The molecule has 0 amide bonds. The zero-order chi connectivity index (χ0) is 21.9. The van der Waals surface area contributed by atoms with E-state index in [9.17, 15) is 13.7 Å². The number of hydrogen-bond donors (Lipinski definition) is 2. The molecule has 5 rings (SSSR count). The van der Waals surface area contributed by atoms with Gasteiger partial charge in [0.1, 0.15) is 5.75 Å². The van der Waals surface area contributed by atoms with Gasteiger partial charge in [0, 0.05) is 0 Å². The maximum absolute atomic E-state index is 12.4. The van der Waals surface area contributed by atoms with Crippen LogP contribution in [0.25, 0.3) is 0 Å². The van der Waals surface area contributed by atoms with Gasteiger partial charge in [0.15, 0.2) is 17.6 Å². The van der Waals surface area contributed by atoms with Crippen LogP contribution in [0.5, 0.6) is 5.75 Å². The quantitative estimate of drug-likeness (QED) is 0.322. The lowest BCUT2D eigenvalue weighted by Gasteiger charge is -2.60. The van der Waals surface area contributed by atoms with E-state index in [-0.39, 0.29) is 23.7 Å².